The number of carbonyl (C=O) groups excluding carboxylic acids is 1. The Labute approximate surface area is 130 Å². The van der Waals surface area contributed by atoms with Crippen LogP contribution in [0.25, 0.3) is 5.69 Å². The molecule has 0 aliphatic heterocycles. The van der Waals surface area contributed by atoms with Crippen LogP contribution < -0.4 is 5.32 Å². The van der Waals surface area contributed by atoms with Crippen LogP contribution >= 0.6 is 0 Å². The lowest BCUT2D eigenvalue weighted by Gasteiger charge is -2.26. The molecule has 1 unspecified atom stereocenters. The summed E-state index contributed by atoms with van der Waals surface area (Å²) < 4.78 is 39.0. The van der Waals surface area contributed by atoms with Crippen LogP contribution in [0.1, 0.15) is 12.5 Å². The Bertz CT molecular complexity index is 666. The van der Waals surface area contributed by atoms with Crippen molar-refractivity contribution in [3.8, 4) is 5.69 Å². The molecule has 1 aromatic heterocycles. The van der Waals surface area contributed by atoms with Gasteiger partial charge in [-0.1, -0.05) is 18.2 Å². The van der Waals surface area contributed by atoms with Crippen LogP contribution in [-0.4, -0.2) is 39.1 Å². The van der Waals surface area contributed by atoms with Gasteiger partial charge in [0.25, 0.3) is 0 Å². The van der Waals surface area contributed by atoms with Crippen molar-refractivity contribution in [2.24, 2.45) is 0 Å². The van der Waals surface area contributed by atoms with Gasteiger partial charge in [0.15, 0.2) is 5.60 Å². The third-order valence-corrected chi connectivity index (χ3v) is 3.26. The number of hydrogen-bond donors (Lipinski definition) is 2. The molecule has 0 spiro atoms. The fraction of sp³-hybridized carbons (Fsp3) is 0.333. The number of amides is 1. The smallest absolute Gasteiger partial charge is 0.379 e. The minimum absolute atomic E-state index is 0.124. The van der Waals surface area contributed by atoms with E-state index >= 15 is 0 Å². The van der Waals surface area contributed by atoms with E-state index in [-0.39, 0.29) is 6.42 Å². The number of hydrogen-bond acceptors (Lipinski definition) is 3. The molecule has 2 aromatic rings. The maximum absolute atomic E-state index is 12.5. The highest BCUT2D eigenvalue weighted by Gasteiger charge is 2.49. The van der Waals surface area contributed by atoms with Crippen LogP contribution in [0.15, 0.2) is 42.7 Å². The Morgan fingerprint density at radius 3 is 2.57 bits per heavy atom. The van der Waals surface area contributed by atoms with Gasteiger partial charge in [-0.05, 0) is 24.6 Å². The molecule has 23 heavy (non-hydrogen) atoms. The molecular formula is C15H16F3N3O2. The van der Waals surface area contributed by atoms with Gasteiger partial charge in [0, 0.05) is 6.20 Å². The predicted octanol–water partition coefficient (Wildman–Crippen LogP) is 1.84. The van der Waals surface area contributed by atoms with Crippen LogP contribution in [0.3, 0.4) is 0 Å². The number of para-hydroxylation sites is 1. The molecule has 1 heterocycles. The third kappa shape index (κ3) is 4.32. The van der Waals surface area contributed by atoms with E-state index in [0.29, 0.717) is 12.5 Å². The molecule has 0 aliphatic carbocycles. The molecule has 0 radical (unpaired) electrons. The van der Waals surface area contributed by atoms with E-state index in [4.69, 9.17) is 0 Å². The van der Waals surface area contributed by atoms with Gasteiger partial charge in [0.2, 0.25) is 5.91 Å². The van der Waals surface area contributed by atoms with Crippen LogP contribution in [0.5, 0.6) is 0 Å². The highest BCUT2D eigenvalue weighted by Crippen LogP contribution is 2.29. The standard InChI is InChI=1S/C15H16F3N3O2/c1-14(23,15(16,17)18)10-19-13(22)7-11-8-20-21(9-11)12-5-3-2-4-6-12/h2-6,8-9,23H,7,10H2,1H3,(H,19,22). The van der Waals surface area contributed by atoms with E-state index in [9.17, 15) is 23.1 Å². The van der Waals surface area contributed by atoms with Gasteiger partial charge in [-0.15, -0.1) is 0 Å². The summed E-state index contributed by atoms with van der Waals surface area (Å²) in [4.78, 5) is 11.7. The van der Waals surface area contributed by atoms with Crippen LogP contribution in [-0.2, 0) is 11.2 Å². The Balaban J connectivity index is 1.93. The zero-order valence-electron chi connectivity index (χ0n) is 12.3. The molecule has 0 saturated heterocycles. The molecule has 1 aromatic carbocycles. The van der Waals surface area contributed by atoms with E-state index in [1.807, 2.05) is 30.3 Å². The maximum Gasteiger partial charge on any atom is 0.418 e. The summed E-state index contributed by atoms with van der Waals surface area (Å²) in [6.45, 7) is -0.289. The largest absolute Gasteiger partial charge is 0.418 e. The zero-order chi connectivity index (χ0) is 17.1. The first-order valence-corrected chi connectivity index (χ1v) is 6.84. The molecule has 5 nitrogen and oxygen atoms in total. The summed E-state index contributed by atoms with van der Waals surface area (Å²) in [6, 6.07) is 9.19. The molecule has 124 valence electrons. The normalized spacial score (nSPS) is 14.3. The first kappa shape index (κ1) is 17.0. The lowest BCUT2D eigenvalue weighted by atomic mass is 10.1. The van der Waals surface area contributed by atoms with E-state index in [0.717, 1.165) is 5.69 Å². The van der Waals surface area contributed by atoms with E-state index in [2.05, 4.69) is 10.4 Å². The number of benzene rings is 1. The summed E-state index contributed by atoms with van der Waals surface area (Å²) in [6.07, 6.45) is -1.84. The average molecular weight is 327 g/mol. The van der Waals surface area contributed by atoms with E-state index in [1.165, 1.54) is 6.20 Å². The minimum atomic E-state index is -4.81. The quantitative estimate of drug-likeness (QED) is 0.881. The average Bonchev–Trinajstić information content (AvgIpc) is 2.93. The van der Waals surface area contributed by atoms with Crippen molar-refractivity contribution in [1.29, 1.82) is 0 Å². The first-order chi connectivity index (χ1) is 10.7. The second-order valence-electron chi connectivity index (χ2n) is 5.35. The van der Waals surface area contributed by atoms with Crippen molar-refractivity contribution >= 4 is 5.91 Å². The van der Waals surface area contributed by atoms with Gasteiger partial charge < -0.3 is 10.4 Å². The molecule has 0 bridgehead atoms. The number of aromatic nitrogens is 2. The summed E-state index contributed by atoms with van der Waals surface area (Å²) in [5.74, 6) is -0.623. The number of nitrogens with one attached hydrogen (secondary N) is 1. The summed E-state index contributed by atoms with van der Waals surface area (Å²) in [5, 5.41) is 15.4. The number of alkyl halides is 3. The molecule has 0 aliphatic rings. The Hall–Kier alpha value is -2.35. The Morgan fingerprint density at radius 2 is 1.96 bits per heavy atom. The number of carbonyl (C=O) groups is 1. The highest BCUT2D eigenvalue weighted by molar-refractivity contribution is 5.78. The van der Waals surface area contributed by atoms with Crippen molar-refractivity contribution < 1.29 is 23.1 Å². The lowest BCUT2D eigenvalue weighted by Crippen LogP contribution is -2.51. The van der Waals surface area contributed by atoms with Crippen molar-refractivity contribution in [2.75, 3.05) is 6.54 Å². The van der Waals surface area contributed by atoms with Crippen LogP contribution in [0.4, 0.5) is 13.2 Å². The fourth-order valence-electron chi connectivity index (χ4n) is 1.79. The maximum atomic E-state index is 12.5. The molecule has 2 rings (SSSR count). The Morgan fingerprint density at radius 1 is 1.30 bits per heavy atom. The van der Waals surface area contributed by atoms with Crippen molar-refractivity contribution in [1.82, 2.24) is 15.1 Å². The van der Waals surface area contributed by atoms with Crippen molar-refractivity contribution in [3.05, 3.63) is 48.3 Å². The number of rotatable bonds is 5. The monoisotopic (exact) mass is 327 g/mol. The number of halogens is 3. The molecule has 8 heteroatoms. The SMILES string of the molecule is CC(O)(CNC(=O)Cc1cnn(-c2ccccc2)c1)C(F)(F)F. The van der Waals surface area contributed by atoms with Gasteiger partial charge >= 0.3 is 6.18 Å². The van der Waals surface area contributed by atoms with Crippen LogP contribution in [0.2, 0.25) is 0 Å². The minimum Gasteiger partial charge on any atom is -0.379 e. The van der Waals surface area contributed by atoms with Gasteiger partial charge in [0.05, 0.1) is 24.8 Å². The molecule has 0 saturated carbocycles. The van der Waals surface area contributed by atoms with E-state index in [1.54, 1.807) is 10.9 Å². The van der Waals surface area contributed by atoms with Gasteiger partial charge in [-0.25, -0.2) is 4.68 Å². The van der Waals surface area contributed by atoms with E-state index < -0.39 is 24.2 Å². The lowest BCUT2D eigenvalue weighted by molar-refractivity contribution is -0.250. The zero-order valence-corrected chi connectivity index (χ0v) is 12.3. The first-order valence-electron chi connectivity index (χ1n) is 6.84. The predicted molar refractivity (Wildman–Crippen MR) is 77.0 cm³/mol. The molecule has 2 N–H and O–H groups in total. The van der Waals surface area contributed by atoms with Crippen molar-refractivity contribution in [2.45, 2.75) is 25.1 Å². The third-order valence-electron chi connectivity index (χ3n) is 3.26. The van der Waals surface area contributed by atoms with Gasteiger partial charge in [0.1, 0.15) is 0 Å². The number of nitrogens with zero attached hydrogens (tertiary/aromatic N) is 2. The second-order valence-corrected chi connectivity index (χ2v) is 5.35. The molecular weight excluding hydrogens is 311 g/mol. The molecule has 1 atom stereocenters. The fourth-order valence-corrected chi connectivity index (χ4v) is 1.79. The highest BCUT2D eigenvalue weighted by atomic mass is 19.4. The summed E-state index contributed by atoms with van der Waals surface area (Å²) in [5.41, 5.74) is -1.60. The van der Waals surface area contributed by atoms with Gasteiger partial charge in [-0.2, -0.15) is 18.3 Å². The van der Waals surface area contributed by atoms with Gasteiger partial charge in [-0.3, -0.25) is 4.79 Å². The Kier molecular flexibility index (Phi) is 4.74. The molecule has 1 amide bonds. The van der Waals surface area contributed by atoms with Crippen LogP contribution in [0, 0.1) is 0 Å². The topological polar surface area (TPSA) is 67.2 Å². The summed E-state index contributed by atoms with van der Waals surface area (Å²) >= 11 is 0. The molecule has 0 fully saturated rings. The second kappa shape index (κ2) is 6.41. The summed E-state index contributed by atoms with van der Waals surface area (Å²) in [7, 11) is 0. The van der Waals surface area contributed by atoms with Crippen molar-refractivity contribution in [3.63, 3.8) is 0 Å². The number of aliphatic hydroxyl groups is 1.